The summed E-state index contributed by atoms with van der Waals surface area (Å²) in [6.45, 7) is 1.93. The fraction of sp³-hybridized carbons (Fsp3) is 0.231. The van der Waals surface area contributed by atoms with E-state index in [9.17, 15) is 0 Å². The van der Waals surface area contributed by atoms with Gasteiger partial charge in [-0.15, -0.1) is 20.4 Å². The van der Waals surface area contributed by atoms with E-state index in [1.54, 1.807) is 23.1 Å². The van der Waals surface area contributed by atoms with Gasteiger partial charge in [-0.1, -0.05) is 64.7 Å². The number of hydrogen-bond acceptors (Lipinski definition) is 8. The van der Waals surface area contributed by atoms with Crippen LogP contribution in [0.15, 0.2) is 33.8 Å². The zero-order chi connectivity index (χ0) is 16.2. The summed E-state index contributed by atoms with van der Waals surface area (Å²) in [5, 5.41) is 18.7. The quantitative estimate of drug-likeness (QED) is 0.515. The second kappa shape index (κ2) is 7.52. The standard InChI is InChI=1S/C13H13ClN6S3/c1-8-16-19-13(23-8)22-7-11-17-18-12(20(11)15)21-6-9-4-2-3-5-10(9)14/h2-5H,6-7,15H2,1H3. The van der Waals surface area contributed by atoms with Crippen molar-refractivity contribution < 1.29 is 0 Å². The van der Waals surface area contributed by atoms with Crippen LogP contribution in [0.25, 0.3) is 0 Å². The van der Waals surface area contributed by atoms with Gasteiger partial charge in [0.2, 0.25) is 5.16 Å². The molecule has 0 bridgehead atoms. The molecule has 0 saturated carbocycles. The Kier molecular flexibility index (Phi) is 5.42. The van der Waals surface area contributed by atoms with E-state index in [0.717, 1.165) is 19.9 Å². The average molecular weight is 385 g/mol. The molecule has 0 aliphatic rings. The maximum atomic E-state index is 6.15. The molecule has 3 rings (SSSR count). The summed E-state index contributed by atoms with van der Waals surface area (Å²) in [5.41, 5.74) is 1.04. The van der Waals surface area contributed by atoms with E-state index >= 15 is 0 Å². The third-order valence-corrected chi connectivity index (χ3v) is 6.21. The van der Waals surface area contributed by atoms with E-state index in [-0.39, 0.29) is 0 Å². The van der Waals surface area contributed by atoms with Crippen LogP contribution in [0.2, 0.25) is 5.02 Å². The van der Waals surface area contributed by atoms with Gasteiger partial charge in [0.1, 0.15) is 5.01 Å². The van der Waals surface area contributed by atoms with Crippen LogP contribution in [0.3, 0.4) is 0 Å². The third kappa shape index (κ3) is 4.17. The van der Waals surface area contributed by atoms with Gasteiger partial charge in [-0.25, -0.2) is 4.68 Å². The molecule has 0 unspecified atom stereocenters. The Balaban J connectivity index is 1.61. The van der Waals surface area contributed by atoms with Gasteiger partial charge in [-0.3, -0.25) is 0 Å². The summed E-state index contributed by atoms with van der Waals surface area (Å²) in [5.74, 6) is 8.06. The highest BCUT2D eigenvalue weighted by Gasteiger charge is 2.12. The third-order valence-electron chi connectivity index (χ3n) is 2.88. The summed E-state index contributed by atoms with van der Waals surface area (Å²) < 4.78 is 2.42. The first-order valence-corrected chi connectivity index (χ1v) is 9.78. The van der Waals surface area contributed by atoms with Gasteiger partial charge in [0.15, 0.2) is 10.2 Å². The second-order valence-electron chi connectivity index (χ2n) is 4.52. The first-order chi connectivity index (χ1) is 11.1. The van der Waals surface area contributed by atoms with Crippen LogP contribution in [0, 0.1) is 6.92 Å². The van der Waals surface area contributed by atoms with Crippen LogP contribution in [0.1, 0.15) is 16.4 Å². The Morgan fingerprint density at radius 2 is 1.96 bits per heavy atom. The zero-order valence-electron chi connectivity index (χ0n) is 12.1. The lowest BCUT2D eigenvalue weighted by atomic mass is 10.2. The summed E-state index contributed by atoms with van der Waals surface area (Å²) in [4.78, 5) is 0. The van der Waals surface area contributed by atoms with Crippen molar-refractivity contribution >= 4 is 46.5 Å². The van der Waals surface area contributed by atoms with Crippen LogP contribution < -0.4 is 5.84 Å². The molecule has 0 aliphatic carbocycles. The summed E-state index contributed by atoms with van der Waals surface area (Å²) in [6.07, 6.45) is 0. The second-order valence-corrected chi connectivity index (χ2v) is 8.28. The number of rotatable bonds is 6. The number of hydrogen-bond donors (Lipinski definition) is 1. The number of aromatic nitrogens is 5. The predicted octanol–water partition coefficient (Wildman–Crippen LogP) is 3.39. The minimum absolute atomic E-state index is 0.602. The van der Waals surface area contributed by atoms with Crippen molar-refractivity contribution in [1.29, 1.82) is 0 Å². The van der Waals surface area contributed by atoms with E-state index in [2.05, 4.69) is 20.4 Å². The fourth-order valence-electron chi connectivity index (χ4n) is 1.72. The summed E-state index contributed by atoms with van der Waals surface area (Å²) in [6, 6.07) is 7.73. The molecule has 0 fully saturated rings. The van der Waals surface area contributed by atoms with Crippen molar-refractivity contribution in [1.82, 2.24) is 25.1 Å². The molecule has 23 heavy (non-hydrogen) atoms. The lowest BCUT2D eigenvalue weighted by Gasteiger charge is -2.04. The summed E-state index contributed by atoms with van der Waals surface area (Å²) >= 11 is 10.8. The van der Waals surface area contributed by atoms with Gasteiger partial charge in [-0.2, -0.15) is 0 Å². The van der Waals surface area contributed by atoms with Crippen LogP contribution in [0.5, 0.6) is 0 Å². The van der Waals surface area contributed by atoms with Crippen molar-refractivity contribution in [2.75, 3.05) is 5.84 Å². The highest BCUT2D eigenvalue weighted by Crippen LogP contribution is 2.28. The van der Waals surface area contributed by atoms with Gasteiger partial charge in [0.05, 0.1) is 5.75 Å². The topological polar surface area (TPSA) is 82.5 Å². The highest BCUT2D eigenvalue weighted by atomic mass is 35.5. The molecule has 2 heterocycles. The molecule has 0 aliphatic heterocycles. The number of nitrogen functional groups attached to an aromatic ring is 1. The molecule has 0 radical (unpaired) electrons. The molecule has 1 aromatic carbocycles. The number of benzene rings is 1. The van der Waals surface area contributed by atoms with Gasteiger partial charge in [-0.05, 0) is 18.6 Å². The summed E-state index contributed by atoms with van der Waals surface area (Å²) in [7, 11) is 0. The number of nitrogens with two attached hydrogens (primary N) is 1. The molecule has 0 amide bonds. The highest BCUT2D eigenvalue weighted by molar-refractivity contribution is 8.00. The SMILES string of the molecule is Cc1nnc(SCc2nnc(SCc3ccccc3Cl)n2N)s1. The van der Waals surface area contributed by atoms with E-state index < -0.39 is 0 Å². The smallest absolute Gasteiger partial charge is 0.210 e. The Bertz CT molecular complexity index is 803. The number of halogens is 1. The van der Waals surface area contributed by atoms with Crippen molar-refractivity contribution in [3.63, 3.8) is 0 Å². The molecule has 0 spiro atoms. The molecule has 2 aromatic heterocycles. The predicted molar refractivity (Wildman–Crippen MR) is 95.4 cm³/mol. The molecular formula is C13H13ClN6S3. The fourth-order valence-corrected chi connectivity index (χ4v) is 4.62. The van der Waals surface area contributed by atoms with Crippen LogP contribution in [0.4, 0.5) is 0 Å². The largest absolute Gasteiger partial charge is 0.336 e. The first kappa shape index (κ1) is 16.6. The molecule has 0 saturated heterocycles. The Hall–Kier alpha value is -1.29. The van der Waals surface area contributed by atoms with Crippen LogP contribution >= 0.6 is 46.5 Å². The minimum Gasteiger partial charge on any atom is -0.336 e. The van der Waals surface area contributed by atoms with E-state index in [0.29, 0.717) is 22.5 Å². The van der Waals surface area contributed by atoms with Gasteiger partial charge < -0.3 is 5.84 Å². The number of thioether (sulfide) groups is 2. The van der Waals surface area contributed by atoms with Crippen molar-refractivity contribution in [2.24, 2.45) is 0 Å². The molecule has 120 valence electrons. The minimum atomic E-state index is 0.602. The van der Waals surface area contributed by atoms with Crippen molar-refractivity contribution in [2.45, 2.75) is 27.9 Å². The Morgan fingerprint density at radius 1 is 1.13 bits per heavy atom. The van der Waals surface area contributed by atoms with Gasteiger partial charge in [0.25, 0.3) is 0 Å². The lowest BCUT2D eigenvalue weighted by Crippen LogP contribution is -2.13. The van der Waals surface area contributed by atoms with E-state index in [1.807, 2.05) is 31.2 Å². The maximum absolute atomic E-state index is 6.15. The first-order valence-electron chi connectivity index (χ1n) is 6.62. The average Bonchev–Trinajstić information content (AvgIpc) is 3.11. The molecule has 0 atom stereocenters. The molecule has 3 aromatic rings. The van der Waals surface area contributed by atoms with Crippen molar-refractivity contribution in [3.05, 3.63) is 45.7 Å². The Morgan fingerprint density at radius 3 is 2.70 bits per heavy atom. The Labute approximate surface area is 150 Å². The lowest BCUT2D eigenvalue weighted by molar-refractivity contribution is 0.820. The molecule has 10 heteroatoms. The van der Waals surface area contributed by atoms with Crippen molar-refractivity contribution in [3.8, 4) is 0 Å². The van der Waals surface area contributed by atoms with E-state index in [1.165, 1.54) is 16.4 Å². The monoisotopic (exact) mass is 384 g/mol. The van der Waals surface area contributed by atoms with Gasteiger partial charge in [0, 0.05) is 10.8 Å². The van der Waals surface area contributed by atoms with Crippen LogP contribution in [-0.4, -0.2) is 25.1 Å². The number of nitrogens with zero attached hydrogens (tertiary/aromatic N) is 5. The molecule has 6 nitrogen and oxygen atoms in total. The van der Waals surface area contributed by atoms with Gasteiger partial charge >= 0.3 is 0 Å². The van der Waals surface area contributed by atoms with E-state index in [4.69, 9.17) is 17.4 Å². The maximum Gasteiger partial charge on any atom is 0.210 e. The molecular weight excluding hydrogens is 372 g/mol. The number of aryl methyl sites for hydroxylation is 1. The molecule has 2 N–H and O–H groups in total. The zero-order valence-corrected chi connectivity index (χ0v) is 15.3. The normalized spacial score (nSPS) is 11.0. The van der Waals surface area contributed by atoms with Crippen LogP contribution in [-0.2, 0) is 11.5 Å².